The Morgan fingerprint density at radius 1 is 1.08 bits per heavy atom. The molecule has 0 radical (unpaired) electrons. The van der Waals surface area contributed by atoms with Crippen LogP contribution in [0.4, 0.5) is 0 Å². The topological polar surface area (TPSA) is 88.3 Å². The van der Waals surface area contributed by atoms with Gasteiger partial charge in [0.1, 0.15) is 0 Å². The summed E-state index contributed by atoms with van der Waals surface area (Å²) in [5.74, 6) is -0.0404. The summed E-state index contributed by atoms with van der Waals surface area (Å²) in [4.78, 5) is 30.8. The van der Waals surface area contributed by atoms with E-state index < -0.39 is 0 Å². The van der Waals surface area contributed by atoms with Gasteiger partial charge in [-0.05, 0) is 50.7 Å². The van der Waals surface area contributed by atoms with Gasteiger partial charge in [0, 0.05) is 43.1 Å². The SMILES string of the molecule is Cl.Cl.NC1CCC(NC(=O)C2CCCN(C(=O)c3ccncc3)C2)CC1. The number of halogens is 2. The molecular formula is C18H28Cl2N4O2. The molecule has 2 fully saturated rings. The molecule has 2 heterocycles. The number of rotatable bonds is 3. The van der Waals surface area contributed by atoms with Crippen molar-refractivity contribution in [3.05, 3.63) is 30.1 Å². The number of carbonyl (C=O) groups excluding carboxylic acids is 2. The van der Waals surface area contributed by atoms with E-state index in [0.29, 0.717) is 18.7 Å². The number of nitrogens with one attached hydrogen (secondary N) is 1. The summed E-state index contributed by atoms with van der Waals surface area (Å²) in [7, 11) is 0. The molecule has 1 saturated carbocycles. The number of piperidine rings is 1. The molecule has 1 unspecified atom stereocenters. The molecule has 0 spiro atoms. The van der Waals surface area contributed by atoms with Gasteiger partial charge in [0.15, 0.2) is 0 Å². The lowest BCUT2D eigenvalue weighted by Gasteiger charge is -2.34. The molecule has 146 valence electrons. The van der Waals surface area contributed by atoms with Crippen molar-refractivity contribution < 1.29 is 9.59 Å². The van der Waals surface area contributed by atoms with E-state index in [-0.39, 0.29) is 54.6 Å². The highest BCUT2D eigenvalue weighted by atomic mass is 35.5. The number of likely N-dealkylation sites (tertiary alicyclic amines) is 1. The highest BCUT2D eigenvalue weighted by Crippen LogP contribution is 2.21. The molecule has 2 amide bonds. The van der Waals surface area contributed by atoms with Crippen LogP contribution in [0, 0.1) is 5.92 Å². The van der Waals surface area contributed by atoms with Crippen molar-refractivity contribution in [2.75, 3.05) is 13.1 Å². The zero-order valence-corrected chi connectivity index (χ0v) is 16.4. The van der Waals surface area contributed by atoms with Crippen molar-refractivity contribution in [3.63, 3.8) is 0 Å². The van der Waals surface area contributed by atoms with Crippen LogP contribution in [0.1, 0.15) is 48.9 Å². The number of hydrogen-bond acceptors (Lipinski definition) is 4. The van der Waals surface area contributed by atoms with Crippen molar-refractivity contribution in [2.45, 2.75) is 50.6 Å². The van der Waals surface area contributed by atoms with Crippen molar-refractivity contribution in [1.82, 2.24) is 15.2 Å². The summed E-state index contributed by atoms with van der Waals surface area (Å²) >= 11 is 0. The van der Waals surface area contributed by atoms with Crippen LogP contribution in [0.25, 0.3) is 0 Å². The van der Waals surface area contributed by atoms with Crippen LogP contribution in [0.15, 0.2) is 24.5 Å². The minimum Gasteiger partial charge on any atom is -0.353 e. The summed E-state index contributed by atoms with van der Waals surface area (Å²) in [5, 5.41) is 3.17. The normalized spacial score (nSPS) is 25.4. The fourth-order valence-corrected chi connectivity index (χ4v) is 3.64. The summed E-state index contributed by atoms with van der Waals surface area (Å²) in [6.07, 6.45) is 8.82. The summed E-state index contributed by atoms with van der Waals surface area (Å²) in [6, 6.07) is 3.96. The molecular weight excluding hydrogens is 375 g/mol. The molecule has 3 N–H and O–H groups in total. The van der Waals surface area contributed by atoms with E-state index in [0.717, 1.165) is 38.5 Å². The van der Waals surface area contributed by atoms with Crippen LogP contribution in [0.5, 0.6) is 0 Å². The minimum atomic E-state index is -0.111. The van der Waals surface area contributed by atoms with Gasteiger partial charge in [0.2, 0.25) is 5.91 Å². The Morgan fingerprint density at radius 3 is 2.38 bits per heavy atom. The Morgan fingerprint density at radius 2 is 1.73 bits per heavy atom. The zero-order valence-electron chi connectivity index (χ0n) is 14.8. The maximum absolute atomic E-state index is 12.6. The molecule has 1 aliphatic carbocycles. The molecule has 6 nitrogen and oxygen atoms in total. The number of aromatic nitrogens is 1. The van der Waals surface area contributed by atoms with Gasteiger partial charge in [-0.3, -0.25) is 14.6 Å². The minimum absolute atomic E-state index is 0. The van der Waals surface area contributed by atoms with E-state index in [1.807, 2.05) is 0 Å². The molecule has 2 aliphatic rings. The third-order valence-electron chi connectivity index (χ3n) is 5.12. The Balaban J connectivity index is 0.00000169. The third kappa shape index (κ3) is 5.83. The van der Waals surface area contributed by atoms with Crippen molar-refractivity contribution in [2.24, 2.45) is 11.7 Å². The van der Waals surface area contributed by atoms with Crippen molar-refractivity contribution >= 4 is 36.6 Å². The maximum atomic E-state index is 12.6. The molecule has 0 bridgehead atoms. The van der Waals surface area contributed by atoms with E-state index in [1.165, 1.54) is 0 Å². The Bertz CT molecular complexity index is 580. The molecule has 1 aromatic heterocycles. The van der Waals surface area contributed by atoms with Crippen molar-refractivity contribution in [1.29, 1.82) is 0 Å². The van der Waals surface area contributed by atoms with Crippen LogP contribution < -0.4 is 11.1 Å². The predicted molar refractivity (Wildman–Crippen MR) is 106 cm³/mol. The quantitative estimate of drug-likeness (QED) is 0.810. The number of carbonyl (C=O) groups is 2. The number of pyridine rings is 1. The average molecular weight is 403 g/mol. The lowest BCUT2D eigenvalue weighted by atomic mass is 9.90. The van der Waals surface area contributed by atoms with E-state index in [2.05, 4.69) is 10.3 Å². The monoisotopic (exact) mass is 402 g/mol. The van der Waals surface area contributed by atoms with Crippen LogP contribution in [-0.2, 0) is 4.79 Å². The fraction of sp³-hybridized carbons (Fsp3) is 0.611. The van der Waals surface area contributed by atoms with Gasteiger partial charge in [0.05, 0.1) is 5.92 Å². The highest BCUT2D eigenvalue weighted by Gasteiger charge is 2.30. The zero-order chi connectivity index (χ0) is 16.9. The Kier molecular flexibility index (Phi) is 9.33. The second-order valence-corrected chi connectivity index (χ2v) is 6.95. The van der Waals surface area contributed by atoms with Crippen LogP contribution in [0.2, 0.25) is 0 Å². The van der Waals surface area contributed by atoms with E-state index in [9.17, 15) is 9.59 Å². The standard InChI is InChI=1S/C18H26N4O2.2ClH/c19-15-3-5-16(6-4-15)21-17(23)14-2-1-11-22(12-14)18(24)13-7-9-20-10-8-13;;/h7-10,14-16H,1-6,11-12,19H2,(H,21,23);2*1H. The van der Waals surface area contributed by atoms with Gasteiger partial charge in [-0.15, -0.1) is 24.8 Å². The van der Waals surface area contributed by atoms with Gasteiger partial charge in [0.25, 0.3) is 5.91 Å². The number of nitrogens with two attached hydrogens (primary N) is 1. The largest absolute Gasteiger partial charge is 0.353 e. The molecule has 1 saturated heterocycles. The lowest BCUT2D eigenvalue weighted by molar-refractivity contribution is -0.127. The first-order valence-electron chi connectivity index (χ1n) is 8.88. The molecule has 8 heteroatoms. The van der Waals surface area contributed by atoms with Gasteiger partial charge >= 0.3 is 0 Å². The third-order valence-corrected chi connectivity index (χ3v) is 5.12. The molecule has 1 aliphatic heterocycles. The van der Waals surface area contributed by atoms with Crippen molar-refractivity contribution in [3.8, 4) is 0 Å². The Labute approximate surface area is 167 Å². The highest BCUT2D eigenvalue weighted by molar-refractivity contribution is 5.94. The molecule has 1 aromatic rings. The number of nitrogens with zero attached hydrogens (tertiary/aromatic N) is 2. The maximum Gasteiger partial charge on any atom is 0.253 e. The smallest absolute Gasteiger partial charge is 0.253 e. The summed E-state index contributed by atoms with van der Waals surface area (Å²) in [5.41, 5.74) is 6.55. The molecule has 3 rings (SSSR count). The Hall–Kier alpha value is -1.37. The fourth-order valence-electron chi connectivity index (χ4n) is 3.64. The summed E-state index contributed by atoms with van der Waals surface area (Å²) < 4.78 is 0. The predicted octanol–water partition coefficient (Wildman–Crippen LogP) is 2.16. The average Bonchev–Trinajstić information content (AvgIpc) is 2.64. The van der Waals surface area contributed by atoms with E-state index >= 15 is 0 Å². The molecule has 0 aromatic carbocycles. The molecule has 1 atom stereocenters. The van der Waals surface area contributed by atoms with Gasteiger partial charge in [-0.25, -0.2) is 0 Å². The first kappa shape index (κ1) is 22.7. The first-order chi connectivity index (χ1) is 11.6. The number of amides is 2. The summed E-state index contributed by atoms with van der Waals surface area (Å²) in [6.45, 7) is 1.21. The second kappa shape index (κ2) is 10.7. The van der Waals surface area contributed by atoms with E-state index in [1.54, 1.807) is 29.4 Å². The van der Waals surface area contributed by atoms with Gasteiger partial charge in [-0.2, -0.15) is 0 Å². The number of hydrogen-bond donors (Lipinski definition) is 2. The van der Waals surface area contributed by atoms with E-state index in [4.69, 9.17) is 5.73 Å². The second-order valence-electron chi connectivity index (χ2n) is 6.95. The van der Waals surface area contributed by atoms with Crippen LogP contribution >= 0.6 is 24.8 Å². The van der Waals surface area contributed by atoms with Crippen LogP contribution in [-0.4, -0.2) is 46.9 Å². The van der Waals surface area contributed by atoms with Gasteiger partial charge < -0.3 is 16.0 Å². The van der Waals surface area contributed by atoms with Crippen LogP contribution in [0.3, 0.4) is 0 Å². The lowest BCUT2D eigenvalue weighted by Crippen LogP contribution is -2.48. The molecule has 26 heavy (non-hydrogen) atoms. The van der Waals surface area contributed by atoms with Gasteiger partial charge in [-0.1, -0.05) is 0 Å². The first-order valence-corrected chi connectivity index (χ1v) is 8.88.